The second-order valence-electron chi connectivity index (χ2n) is 4.99. The van der Waals surface area contributed by atoms with E-state index in [1.54, 1.807) is 22.7 Å². The Labute approximate surface area is 130 Å². The first-order valence-corrected chi connectivity index (χ1v) is 8.53. The van der Waals surface area contributed by atoms with Gasteiger partial charge in [0.05, 0.1) is 10.4 Å². The van der Waals surface area contributed by atoms with Crippen molar-refractivity contribution in [3.63, 3.8) is 0 Å². The van der Waals surface area contributed by atoms with E-state index < -0.39 is 0 Å². The summed E-state index contributed by atoms with van der Waals surface area (Å²) in [6, 6.07) is 14.7. The van der Waals surface area contributed by atoms with Gasteiger partial charge in [0.15, 0.2) is 0 Å². The zero-order valence-corrected chi connectivity index (χ0v) is 12.9. The fourth-order valence-electron chi connectivity index (χ4n) is 2.58. The zero-order valence-electron chi connectivity index (χ0n) is 11.3. The van der Waals surface area contributed by atoms with E-state index in [1.807, 2.05) is 6.07 Å². The van der Waals surface area contributed by atoms with Crippen LogP contribution in [0.2, 0.25) is 0 Å². The number of hydrogen-bond acceptors (Lipinski definition) is 4. The molecular weight excluding hydrogens is 296 g/mol. The lowest BCUT2D eigenvalue weighted by atomic mass is 10.1. The summed E-state index contributed by atoms with van der Waals surface area (Å²) in [5.74, 6) is 0. The highest BCUT2D eigenvalue weighted by atomic mass is 32.1. The highest BCUT2D eigenvalue weighted by molar-refractivity contribution is 7.26. The van der Waals surface area contributed by atoms with E-state index in [2.05, 4.69) is 52.5 Å². The van der Waals surface area contributed by atoms with Gasteiger partial charge in [0.25, 0.3) is 0 Å². The molecule has 0 saturated heterocycles. The van der Waals surface area contributed by atoms with Crippen LogP contribution in [0.4, 0.5) is 11.4 Å². The molecule has 0 saturated carbocycles. The number of nitrogens with one attached hydrogen (secondary N) is 1. The lowest BCUT2D eigenvalue weighted by molar-refractivity contribution is 1.17. The van der Waals surface area contributed by atoms with Crippen molar-refractivity contribution >= 4 is 54.2 Å². The van der Waals surface area contributed by atoms with Crippen molar-refractivity contribution in [3.8, 4) is 0 Å². The van der Waals surface area contributed by atoms with Crippen LogP contribution in [-0.4, -0.2) is 0 Å². The molecule has 4 heteroatoms. The van der Waals surface area contributed by atoms with Crippen molar-refractivity contribution in [3.05, 3.63) is 58.8 Å². The minimum atomic E-state index is 0.844. The van der Waals surface area contributed by atoms with Crippen LogP contribution < -0.4 is 11.1 Å². The molecule has 0 aliphatic carbocycles. The first-order valence-electron chi connectivity index (χ1n) is 6.77. The minimum Gasteiger partial charge on any atom is -0.398 e. The van der Waals surface area contributed by atoms with Gasteiger partial charge in [-0.15, -0.1) is 11.3 Å². The molecule has 2 aromatic carbocycles. The van der Waals surface area contributed by atoms with Crippen LogP contribution in [0.15, 0.2) is 53.2 Å². The van der Waals surface area contributed by atoms with Crippen molar-refractivity contribution < 1.29 is 0 Å². The van der Waals surface area contributed by atoms with Crippen molar-refractivity contribution in [2.75, 3.05) is 11.1 Å². The van der Waals surface area contributed by atoms with Gasteiger partial charge >= 0.3 is 0 Å². The van der Waals surface area contributed by atoms with Gasteiger partial charge in [-0.1, -0.05) is 18.2 Å². The molecule has 104 valence electrons. The summed E-state index contributed by atoms with van der Waals surface area (Å²) in [6.07, 6.45) is 0. The molecule has 2 nitrogen and oxygen atoms in total. The Morgan fingerprint density at radius 3 is 2.81 bits per heavy atom. The maximum absolute atomic E-state index is 6.21. The maximum Gasteiger partial charge on any atom is 0.0607 e. The normalized spacial score (nSPS) is 11.2. The predicted octanol–water partition coefficient (Wildman–Crippen LogP) is 5.31. The maximum atomic E-state index is 6.21. The second-order valence-corrected chi connectivity index (χ2v) is 6.82. The molecule has 21 heavy (non-hydrogen) atoms. The first-order chi connectivity index (χ1) is 10.3. The zero-order chi connectivity index (χ0) is 14.2. The SMILES string of the molecule is Nc1ccc(NCc2ccsc2)c2sc3ccccc3c12. The predicted molar refractivity (Wildman–Crippen MR) is 95.4 cm³/mol. The summed E-state index contributed by atoms with van der Waals surface area (Å²) in [6.45, 7) is 0.844. The summed E-state index contributed by atoms with van der Waals surface area (Å²) < 4.78 is 2.52. The molecule has 0 atom stereocenters. The molecule has 0 aliphatic rings. The smallest absolute Gasteiger partial charge is 0.0607 e. The molecule has 2 aromatic heterocycles. The summed E-state index contributed by atoms with van der Waals surface area (Å²) in [4.78, 5) is 0. The van der Waals surface area contributed by atoms with Crippen LogP contribution >= 0.6 is 22.7 Å². The molecule has 0 bridgehead atoms. The molecule has 4 rings (SSSR count). The number of anilines is 2. The Morgan fingerprint density at radius 2 is 1.95 bits per heavy atom. The van der Waals surface area contributed by atoms with E-state index in [0.717, 1.165) is 17.9 Å². The topological polar surface area (TPSA) is 38.0 Å². The van der Waals surface area contributed by atoms with Crippen molar-refractivity contribution in [2.45, 2.75) is 6.54 Å². The largest absolute Gasteiger partial charge is 0.398 e. The van der Waals surface area contributed by atoms with Gasteiger partial charge in [-0.3, -0.25) is 0 Å². The third-order valence-electron chi connectivity index (χ3n) is 3.62. The van der Waals surface area contributed by atoms with Crippen LogP contribution in [-0.2, 0) is 6.54 Å². The Balaban J connectivity index is 1.84. The standard InChI is InChI=1S/C17H14N2S2/c18-13-5-6-14(19-9-11-7-8-20-10-11)17-16(13)12-3-1-2-4-15(12)21-17/h1-8,10,19H,9,18H2. The minimum absolute atomic E-state index is 0.844. The van der Waals surface area contributed by atoms with Crippen LogP contribution in [0.5, 0.6) is 0 Å². The summed E-state index contributed by atoms with van der Waals surface area (Å²) in [7, 11) is 0. The number of fused-ring (bicyclic) bond motifs is 3. The Morgan fingerprint density at radius 1 is 1.05 bits per heavy atom. The highest BCUT2D eigenvalue weighted by Crippen LogP contribution is 2.41. The number of nitrogen functional groups attached to an aromatic ring is 1. The fourth-order valence-corrected chi connectivity index (χ4v) is 4.48. The average molecular weight is 310 g/mol. The van der Waals surface area contributed by atoms with Gasteiger partial charge in [0.2, 0.25) is 0 Å². The van der Waals surface area contributed by atoms with Gasteiger partial charge in [0, 0.05) is 27.7 Å². The van der Waals surface area contributed by atoms with E-state index in [1.165, 1.54) is 25.7 Å². The van der Waals surface area contributed by atoms with E-state index in [9.17, 15) is 0 Å². The molecule has 0 aliphatic heterocycles. The number of rotatable bonds is 3. The first kappa shape index (κ1) is 12.7. The number of thiophene rings is 2. The Bertz CT molecular complexity index is 907. The van der Waals surface area contributed by atoms with E-state index in [-0.39, 0.29) is 0 Å². The van der Waals surface area contributed by atoms with Crippen LogP contribution in [0.3, 0.4) is 0 Å². The lowest BCUT2D eigenvalue weighted by Gasteiger charge is -2.08. The second kappa shape index (κ2) is 5.06. The van der Waals surface area contributed by atoms with Crippen LogP contribution in [0.1, 0.15) is 5.56 Å². The Kier molecular flexibility index (Phi) is 3.05. The molecule has 0 amide bonds. The third kappa shape index (κ3) is 2.17. The molecule has 2 heterocycles. The van der Waals surface area contributed by atoms with Gasteiger partial charge in [0.1, 0.15) is 0 Å². The van der Waals surface area contributed by atoms with Gasteiger partial charge < -0.3 is 11.1 Å². The number of nitrogens with two attached hydrogens (primary N) is 1. The third-order valence-corrected chi connectivity index (χ3v) is 5.56. The molecule has 0 unspecified atom stereocenters. The quantitative estimate of drug-likeness (QED) is 0.503. The van der Waals surface area contributed by atoms with Crippen molar-refractivity contribution in [1.29, 1.82) is 0 Å². The fraction of sp³-hybridized carbons (Fsp3) is 0.0588. The molecular formula is C17H14N2S2. The van der Waals surface area contributed by atoms with E-state index in [0.29, 0.717) is 0 Å². The molecule has 0 fully saturated rings. The van der Waals surface area contributed by atoms with Gasteiger partial charge in [-0.25, -0.2) is 0 Å². The van der Waals surface area contributed by atoms with Gasteiger partial charge in [-0.2, -0.15) is 11.3 Å². The molecule has 3 N–H and O–H groups in total. The summed E-state index contributed by atoms with van der Waals surface area (Å²) >= 11 is 3.53. The summed E-state index contributed by atoms with van der Waals surface area (Å²) in [5, 5.41) is 10.2. The van der Waals surface area contributed by atoms with Crippen LogP contribution in [0.25, 0.3) is 20.2 Å². The van der Waals surface area contributed by atoms with Crippen LogP contribution in [0, 0.1) is 0 Å². The van der Waals surface area contributed by atoms with Crippen molar-refractivity contribution in [1.82, 2.24) is 0 Å². The molecule has 0 radical (unpaired) electrons. The lowest BCUT2D eigenvalue weighted by Crippen LogP contribution is -1.98. The monoisotopic (exact) mass is 310 g/mol. The molecule has 4 aromatic rings. The highest BCUT2D eigenvalue weighted by Gasteiger charge is 2.11. The van der Waals surface area contributed by atoms with Crippen molar-refractivity contribution in [2.24, 2.45) is 0 Å². The van der Waals surface area contributed by atoms with Gasteiger partial charge in [-0.05, 0) is 40.6 Å². The average Bonchev–Trinajstić information content (AvgIpc) is 3.14. The van der Waals surface area contributed by atoms with E-state index in [4.69, 9.17) is 5.73 Å². The molecule has 0 spiro atoms. The summed E-state index contributed by atoms with van der Waals surface area (Å²) in [5.41, 5.74) is 9.53. The van der Waals surface area contributed by atoms with E-state index >= 15 is 0 Å². The number of hydrogen-bond donors (Lipinski definition) is 2. The number of benzene rings is 2. The Hall–Kier alpha value is -2.04.